The minimum atomic E-state index is -0.298. The van der Waals surface area contributed by atoms with Gasteiger partial charge in [0.05, 0.1) is 4.92 Å². The van der Waals surface area contributed by atoms with Crippen LogP contribution >= 0.6 is 11.8 Å². The van der Waals surface area contributed by atoms with E-state index in [4.69, 9.17) is 0 Å². The fraction of sp³-hybridized carbons (Fsp3) is 0.600. The summed E-state index contributed by atoms with van der Waals surface area (Å²) in [7, 11) is 0. The molecule has 0 spiro atoms. The maximum Gasteiger partial charge on any atom is 0.315 e. The van der Waals surface area contributed by atoms with Gasteiger partial charge in [-0.1, -0.05) is 6.07 Å². The molecule has 1 saturated carbocycles. The van der Waals surface area contributed by atoms with Crippen molar-refractivity contribution < 1.29 is 4.92 Å². The summed E-state index contributed by atoms with van der Waals surface area (Å²) in [6, 6.07) is 5.77. The summed E-state index contributed by atoms with van der Waals surface area (Å²) in [5.41, 5.74) is 1.38. The van der Waals surface area contributed by atoms with Crippen LogP contribution < -0.4 is 10.6 Å². The van der Waals surface area contributed by atoms with E-state index in [2.05, 4.69) is 16.9 Å². The third-order valence-corrected chi connectivity index (χ3v) is 5.09. The van der Waals surface area contributed by atoms with E-state index in [0.29, 0.717) is 24.0 Å². The highest BCUT2D eigenvalue weighted by molar-refractivity contribution is 7.99. The van der Waals surface area contributed by atoms with Crippen molar-refractivity contribution in [1.82, 2.24) is 0 Å². The van der Waals surface area contributed by atoms with Crippen LogP contribution in [0, 0.1) is 10.1 Å². The van der Waals surface area contributed by atoms with Crippen LogP contribution in [-0.4, -0.2) is 29.0 Å². The second-order valence-electron chi connectivity index (χ2n) is 5.34. The van der Waals surface area contributed by atoms with E-state index in [-0.39, 0.29) is 10.6 Å². The first-order valence-electron chi connectivity index (χ1n) is 7.46. The van der Waals surface area contributed by atoms with Crippen molar-refractivity contribution in [3.63, 3.8) is 0 Å². The Morgan fingerprint density at radius 3 is 2.52 bits per heavy atom. The molecule has 6 heteroatoms. The zero-order valence-corrected chi connectivity index (χ0v) is 13.4. The molecule has 1 aliphatic carbocycles. The normalized spacial score (nSPS) is 21.8. The van der Waals surface area contributed by atoms with Gasteiger partial charge in [0.1, 0.15) is 11.4 Å². The molecule has 2 rings (SSSR count). The van der Waals surface area contributed by atoms with Crippen LogP contribution in [0.3, 0.4) is 0 Å². The largest absolute Gasteiger partial charge is 0.380 e. The van der Waals surface area contributed by atoms with Gasteiger partial charge in [-0.05, 0) is 51.0 Å². The van der Waals surface area contributed by atoms with Gasteiger partial charge in [0.25, 0.3) is 0 Å². The fourth-order valence-electron chi connectivity index (χ4n) is 2.85. The standard InChI is InChI=1S/C15H23N3O2S/c1-3-16-13-5-4-6-14(15(13)18(19)20)17-11-7-9-12(21-2)10-8-11/h4-6,11-12,16-17H,3,7-10H2,1-2H3. The van der Waals surface area contributed by atoms with Crippen LogP contribution in [0.4, 0.5) is 17.1 Å². The fourth-order valence-corrected chi connectivity index (χ4v) is 3.60. The molecule has 0 amide bonds. The van der Waals surface area contributed by atoms with Crippen molar-refractivity contribution >= 4 is 28.8 Å². The van der Waals surface area contributed by atoms with Gasteiger partial charge in [0.15, 0.2) is 0 Å². The highest BCUT2D eigenvalue weighted by Crippen LogP contribution is 2.35. The smallest absolute Gasteiger partial charge is 0.315 e. The Morgan fingerprint density at radius 2 is 1.95 bits per heavy atom. The van der Waals surface area contributed by atoms with Crippen LogP contribution in [0.25, 0.3) is 0 Å². The van der Waals surface area contributed by atoms with Crippen molar-refractivity contribution in [2.24, 2.45) is 0 Å². The predicted octanol–water partition coefficient (Wildman–Crippen LogP) is 4.11. The molecule has 0 unspecified atom stereocenters. The second-order valence-corrected chi connectivity index (χ2v) is 6.48. The van der Waals surface area contributed by atoms with Crippen molar-refractivity contribution in [1.29, 1.82) is 0 Å². The average Bonchev–Trinajstić information content (AvgIpc) is 2.48. The molecule has 0 aromatic heterocycles. The van der Waals surface area contributed by atoms with Gasteiger partial charge >= 0.3 is 5.69 Å². The van der Waals surface area contributed by atoms with Crippen LogP contribution in [0.15, 0.2) is 18.2 Å². The third kappa shape index (κ3) is 4.03. The van der Waals surface area contributed by atoms with Gasteiger partial charge in [-0.3, -0.25) is 10.1 Å². The minimum Gasteiger partial charge on any atom is -0.380 e. The number of hydrogen-bond acceptors (Lipinski definition) is 5. The topological polar surface area (TPSA) is 67.2 Å². The molecular formula is C15H23N3O2S. The van der Waals surface area contributed by atoms with E-state index in [1.165, 1.54) is 12.8 Å². The Labute approximate surface area is 130 Å². The number of anilines is 2. The summed E-state index contributed by atoms with van der Waals surface area (Å²) < 4.78 is 0. The predicted molar refractivity (Wildman–Crippen MR) is 90.4 cm³/mol. The molecule has 1 aliphatic rings. The molecule has 1 aromatic carbocycles. The van der Waals surface area contributed by atoms with Gasteiger partial charge in [-0.15, -0.1) is 0 Å². The number of thioether (sulfide) groups is 1. The molecule has 21 heavy (non-hydrogen) atoms. The maximum absolute atomic E-state index is 11.4. The summed E-state index contributed by atoms with van der Waals surface area (Å²) in [5, 5.41) is 18.6. The maximum atomic E-state index is 11.4. The molecule has 0 aliphatic heterocycles. The quantitative estimate of drug-likeness (QED) is 0.611. The molecule has 0 radical (unpaired) electrons. The number of nitro groups is 1. The molecule has 0 atom stereocenters. The van der Waals surface area contributed by atoms with E-state index < -0.39 is 0 Å². The molecule has 0 heterocycles. The molecule has 116 valence electrons. The summed E-state index contributed by atoms with van der Waals surface area (Å²) in [4.78, 5) is 11.1. The van der Waals surface area contributed by atoms with Gasteiger partial charge < -0.3 is 10.6 Å². The third-order valence-electron chi connectivity index (χ3n) is 3.95. The lowest BCUT2D eigenvalue weighted by atomic mass is 9.94. The minimum absolute atomic E-state index is 0.159. The number of nitro benzene ring substituents is 1. The lowest BCUT2D eigenvalue weighted by Crippen LogP contribution is -2.27. The Balaban J connectivity index is 2.12. The first-order chi connectivity index (χ1) is 10.2. The van der Waals surface area contributed by atoms with E-state index in [0.717, 1.165) is 18.1 Å². The molecule has 0 saturated heterocycles. The van der Waals surface area contributed by atoms with Gasteiger partial charge in [0.2, 0.25) is 0 Å². The van der Waals surface area contributed by atoms with Crippen molar-refractivity contribution in [3.05, 3.63) is 28.3 Å². The van der Waals surface area contributed by atoms with E-state index in [1.54, 1.807) is 12.1 Å². The van der Waals surface area contributed by atoms with Crippen molar-refractivity contribution in [2.75, 3.05) is 23.4 Å². The molecule has 5 nitrogen and oxygen atoms in total. The molecule has 1 fully saturated rings. The van der Waals surface area contributed by atoms with Crippen LogP contribution in [-0.2, 0) is 0 Å². The van der Waals surface area contributed by atoms with E-state index >= 15 is 0 Å². The number of nitrogens with one attached hydrogen (secondary N) is 2. The summed E-state index contributed by atoms with van der Waals surface area (Å²) in [6.45, 7) is 2.61. The first-order valence-corrected chi connectivity index (χ1v) is 8.75. The summed E-state index contributed by atoms with van der Waals surface area (Å²) in [5.74, 6) is 0. The molecule has 2 N–H and O–H groups in total. The second kappa shape index (κ2) is 7.54. The van der Waals surface area contributed by atoms with E-state index in [1.807, 2.05) is 24.8 Å². The van der Waals surface area contributed by atoms with Crippen LogP contribution in [0.1, 0.15) is 32.6 Å². The highest BCUT2D eigenvalue weighted by Gasteiger charge is 2.24. The number of nitrogens with zero attached hydrogens (tertiary/aromatic N) is 1. The SMILES string of the molecule is CCNc1cccc(NC2CCC(SC)CC2)c1[N+](=O)[O-]. The van der Waals surface area contributed by atoms with Gasteiger partial charge in [0, 0.05) is 17.8 Å². The van der Waals surface area contributed by atoms with Crippen LogP contribution in [0.2, 0.25) is 0 Å². The van der Waals surface area contributed by atoms with Crippen molar-refractivity contribution in [3.8, 4) is 0 Å². The average molecular weight is 309 g/mol. The highest BCUT2D eigenvalue weighted by atomic mass is 32.2. The Kier molecular flexibility index (Phi) is 5.73. The summed E-state index contributed by atoms with van der Waals surface area (Å²) in [6.07, 6.45) is 6.67. The van der Waals surface area contributed by atoms with Gasteiger partial charge in [-0.25, -0.2) is 0 Å². The zero-order valence-electron chi connectivity index (χ0n) is 12.6. The zero-order chi connectivity index (χ0) is 15.2. The first kappa shape index (κ1) is 15.9. The Hall–Kier alpha value is -1.43. The Morgan fingerprint density at radius 1 is 1.29 bits per heavy atom. The molecule has 0 bridgehead atoms. The molecular weight excluding hydrogens is 286 g/mol. The summed E-state index contributed by atoms with van der Waals surface area (Å²) >= 11 is 1.93. The van der Waals surface area contributed by atoms with E-state index in [9.17, 15) is 10.1 Å². The lowest BCUT2D eigenvalue weighted by molar-refractivity contribution is -0.383. The number of hydrogen-bond donors (Lipinski definition) is 2. The van der Waals surface area contributed by atoms with Crippen LogP contribution in [0.5, 0.6) is 0 Å². The lowest BCUT2D eigenvalue weighted by Gasteiger charge is -2.28. The Bertz CT molecular complexity index is 488. The van der Waals surface area contributed by atoms with Gasteiger partial charge in [-0.2, -0.15) is 11.8 Å². The number of para-hydroxylation sites is 1. The number of benzene rings is 1. The molecule has 1 aromatic rings. The monoisotopic (exact) mass is 309 g/mol. The number of rotatable bonds is 6. The van der Waals surface area contributed by atoms with Crippen molar-refractivity contribution in [2.45, 2.75) is 43.9 Å².